The van der Waals surface area contributed by atoms with Crippen molar-refractivity contribution in [3.8, 4) is 11.5 Å². The summed E-state index contributed by atoms with van der Waals surface area (Å²) in [4.78, 5) is 27.5. The third kappa shape index (κ3) is 5.54. The molecule has 0 spiro atoms. The third-order valence-corrected chi connectivity index (χ3v) is 5.92. The zero-order valence-corrected chi connectivity index (χ0v) is 20.4. The van der Waals surface area contributed by atoms with Gasteiger partial charge in [-0.25, -0.2) is 0 Å². The molecule has 0 radical (unpaired) electrons. The minimum atomic E-state index is -0.786. The van der Waals surface area contributed by atoms with Gasteiger partial charge < -0.3 is 24.2 Å². The molecule has 3 rings (SSSR count). The molecule has 34 heavy (non-hydrogen) atoms. The van der Waals surface area contributed by atoms with Gasteiger partial charge in [0.1, 0.15) is 5.76 Å². The largest absolute Gasteiger partial charge is 0.507 e. The fraction of sp³-hybridized carbons (Fsp3) is 0.385. The number of rotatable bonds is 11. The predicted octanol–water partition coefficient (Wildman–Crippen LogP) is 4.99. The highest BCUT2D eigenvalue weighted by Gasteiger charge is 2.46. The van der Waals surface area contributed by atoms with Crippen LogP contribution in [0, 0.1) is 0 Å². The maximum absolute atomic E-state index is 13.1. The number of likely N-dealkylation sites (tertiary alicyclic amines) is 1. The molecule has 2 aromatic carbocycles. The molecule has 8 heteroatoms. The third-order valence-electron chi connectivity index (χ3n) is 5.66. The van der Waals surface area contributed by atoms with Gasteiger partial charge in [-0.1, -0.05) is 31.0 Å². The smallest absolute Gasteiger partial charge is 0.295 e. The number of Topliss-reactive ketones (excluding diaryl/α,β-unsaturated/α-hetero) is 1. The zero-order valence-electron chi connectivity index (χ0n) is 19.7. The second-order valence-electron chi connectivity index (χ2n) is 7.96. The molecule has 0 aromatic heterocycles. The molecule has 1 saturated heterocycles. The van der Waals surface area contributed by atoms with Crippen LogP contribution in [-0.2, 0) is 14.3 Å². The molecule has 7 nitrogen and oxygen atoms in total. The number of ether oxygens (including phenoxy) is 3. The van der Waals surface area contributed by atoms with Crippen molar-refractivity contribution in [1.29, 1.82) is 0 Å². The van der Waals surface area contributed by atoms with Crippen molar-refractivity contribution in [2.75, 3.05) is 34.0 Å². The van der Waals surface area contributed by atoms with E-state index in [2.05, 4.69) is 6.92 Å². The Labute approximate surface area is 204 Å². The Kier molecular flexibility index (Phi) is 8.96. The van der Waals surface area contributed by atoms with Crippen LogP contribution in [0.3, 0.4) is 0 Å². The lowest BCUT2D eigenvalue weighted by molar-refractivity contribution is -0.140. The Morgan fingerprint density at radius 3 is 2.41 bits per heavy atom. The second kappa shape index (κ2) is 11.9. The first-order valence-electron chi connectivity index (χ1n) is 11.3. The van der Waals surface area contributed by atoms with Crippen molar-refractivity contribution < 1.29 is 28.9 Å². The minimum Gasteiger partial charge on any atom is -0.507 e. The summed E-state index contributed by atoms with van der Waals surface area (Å²) in [6.45, 7) is 3.35. The summed E-state index contributed by atoms with van der Waals surface area (Å²) in [5.41, 5.74) is 1.05. The molecule has 182 valence electrons. The average Bonchev–Trinajstić information content (AvgIpc) is 3.09. The number of hydrogen-bond acceptors (Lipinski definition) is 6. The van der Waals surface area contributed by atoms with Gasteiger partial charge in [-0.2, -0.15) is 0 Å². The number of aliphatic hydroxyl groups is 1. The number of nitrogens with zero attached hydrogens (tertiary/aromatic N) is 1. The van der Waals surface area contributed by atoms with Gasteiger partial charge in [-0.15, -0.1) is 0 Å². The predicted molar refractivity (Wildman–Crippen MR) is 130 cm³/mol. The molecule has 0 unspecified atom stereocenters. The maximum atomic E-state index is 13.1. The van der Waals surface area contributed by atoms with E-state index in [1.165, 1.54) is 12.0 Å². The van der Waals surface area contributed by atoms with Crippen LogP contribution in [0.5, 0.6) is 11.5 Å². The molecule has 2 aromatic rings. The first-order chi connectivity index (χ1) is 16.4. The summed E-state index contributed by atoms with van der Waals surface area (Å²) >= 11 is 5.98. The number of methoxy groups -OCH3 is 2. The molecule has 1 N–H and O–H groups in total. The van der Waals surface area contributed by atoms with E-state index in [4.69, 9.17) is 25.8 Å². The first-order valence-corrected chi connectivity index (χ1v) is 11.6. The van der Waals surface area contributed by atoms with Crippen LogP contribution < -0.4 is 9.47 Å². The van der Waals surface area contributed by atoms with Crippen molar-refractivity contribution in [1.82, 2.24) is 4.90 Å². The summed E-state index contributed by atoms with van der Waals surface area (Å²) in [5, 5.41) is 11.6. The highest BCUT2D eigenvalue weighted by molar-refractivity contribution is 6.46. The molecule has 1 atom stereocenters. The molecular formula is C26H30ClNO6. The summed E-state index contributed by atoms with van der Waals surface area (Å²) in [5.74, 6) is -0.594. The lowest BCUT2D eigenvalue weighted by atomic mass is 9.95. The molecule has 1 heterocycles. The van der Waals surface area contributed by atoms with E-state index in [1.807, 2.05) is 0 Å². The molecule has 1 amide bonds. The lowest BCUT2D eigenvalue weighted by Crippen LogP contribution is -2.31. The van der Waals surface area contributed by atoms with Crippen molar-refractivity contribution >= 4 is 29.1 Å². The Morgan fingerprint density at radius 2 is 1.76 bits per heavy atom. The average molecular weight is 488 g/mol. The van der Waals surface area contributed by atoms with Gasteiger partial charge >= 0.3 is 0 Å². The van der Waals surface area contributed by atoms with Gasteiger partial charge in [0, 0.05) is 30.8 Å². The van der Waals surface area contributed by atoms with Gasteiger partial charge in [0.05, 0.1) is 25.3 Å². The highest BCUT2D eigenvalue weighted by Crippen LogP contribution is 2.42. The number of unbranched alkanes of at least 4 members (excludes halogenated alkanes) is 1. The van der Waals surface area contributed by atoms with Crippen molar-refractivity contribution in [2.24, 2.45) is 0 Å². The van der Waals surface area contributed by atoms with Gasteiger partial charge in [-0.3, -0.25) is 9.59 Å². The molecule has 1 aliphatic heterocycles. The number of hydrogen-bond donors (Lipinski definition) is 1. The quantitative estimate of drug-likeness (QED) is 0.208. The van der Waals surface area contributed by atoms with E-state index >= 15 is 0 Å². The monoisotopic (exact) mass is 487 g/mol. The number of carbonyl (C=O) groups excluding carboxylic acids is 2. The fourth-order valence-corrected chi connectivity index (χ4v) is 4.03. The molecule has 0 bridgehead atoms. The number of amides is 1. The number of benzene rings is 2. The van der Waals surface area contributed by atoms with Crippen LogP contribution in [0.2, 0.25) is 5.02 Å². The van der Waals surface area contributed by atoms with Gasteiger partial charge in [0.2, 0.25) is 0 Å². The Bertz CT molecular complexity index is 1050. The standard InChI is InChI=1S/C26H30ClNO6/c1-4-5-15-34-20-12-9-18(16-21(20)33-3)23-22(24(29)17-7-10-19(27)11-8-17)25(30)26(31)28(23)13-6-14-32-2/h7-12,16,23,29H,4-6,13-15H2,1-3H3/t23-/m0/s1. The van der Waals surface area contributed by atoms with Crippen LogP contribution in [0.4, 0.5) is 0 Å². The van der Waals surface area contributed by atoms with Gasteiger partial charge in [-0.05, 0) is 54.8 Å². The number of ketones is 1. The van der Waals surface area contributed by atoms with Crippen LogP contribution in [-0.4, -0.2) is 55.7 Å². The molecule has 1 fully saturated rings. The SMILES string of the molecule is CCCCOc1ccc([C@H]2C(=C(O)c3ccc(Cl)cc3)C(=O)C(=O)N2CCCOC)cc1OC. The van der Waals surface area contributed by atoms with E-state index in [1.54, 1.807) is 49.6 Å². The number of aliphatic hydroxyl groups excluding tert-OH is 1. The van der Waals surface area contributed by atoms with Crippen molar-refractivity contribution in [3.63, 3.8) is 0 Å². The van der Waals surface area contributed by atoms with Crippen molar-refractivity contribution in [2.45, 2.75) is 32.2 Å². The highest BCUT2D eigenvalue weighted by atomic mass is 35.5. The van der Waals surface area contributed by atoms with E-state index in [0.717, 1.165) is 12.8 Å². The maximum Gasteiger partial charge on any atom is 0.295 e. The van der Waals surface area contributed by atoms with Crippen molar-refractivity contribution in [3.05, 3.63) is 64.2 Å². The minimum absolute atomic E-state index is 0.0199. The Hall–Kier alpha value is -3.03. The summed E-state index contributed by atoms with van der Waals surface area (Å²) in [6.07, 6.45) is 2.45. The summed E-state index contributed by atoms with van der Waals surface area (Å²) in [6, 6.07) is 11.0. The fourth-order valence-electron chi connectivity index (χ4n) is 3.90. The van der Waals surface area contributed by atoms with E-state index in [0.29, 0.717) is 47.3 Å². The Morgan fingerprint density at radius 1 is 1.03 bits per heavy atom. The first kappa shape index (κ1) is 25.6. The zero-order chi connectivity index (χ0) is 24.7. The summed E-state index contributed by atoms with van der Waals surface area (Å²) < 4.78 is 16.5. The van der Waals surface area contributed by atoms with E-state index in [9.17, 15) is 14.7 Å². The second-order valence-corrected chi connectivity index (χ2v) is 8.39. The van der Waals surface area contributed by atoms with Crippen LogP contribution in [0.25, 0.3) is 5.76 Å². The van der Waals surface area contributed by atoms with Gasteiger partial charge in [0.25, 0.3) is 11.7 Å². The van der Waals surface area contributed by atoms with Crippen LogP contribution >= 0.6 is 11.6 Å². The number of halogens is 1. The molecule has 0 aliphatic carbocycles. The van der Waals surface area contributed by atoms with E-state index < -0.39 is 17.7 Å². The van der Waals surface area contributed by atoms with E-state index in [-0.39, 0.29) is 17.9 Å². The topological polar surface area (TPSA) is 85.3 Å². The van der Waals surface area contributed by atoms with Gasteiger partial charge in [0.15, 0.2) is 11.5 Å². The molecule has 1 aliphatic rings. The summed E-state index contributed by atoms with van der Waals surface area (Å²) in [7, 11) is 3.11. The van der Waals surface area contributed by atoms with Crippen LogP contribution in [0.1, 0.15) is 43.4 Å². The molecule has 0 saturated carbocycles. The number of carbonyl (C=O) groups is 2. The molecular weight excluding hydrogens is 458 g/mol. The normalized spacial score (nSPS) is 17.3. The Balaban J connectivity index is 2.08. The van der Waals surface area contributed by atoms with Crippen LogP contribution in [0.15, 0.2) is 48.0 Å². The lowest BCUT2D eigenvalue weighted by Gasteiger charge is -2.26.